The number of carbonyl (C=O) groups excluding carboxylic acids is 3. The van der Waals surface area contributed by atoms with Gasteiger partial charge in [-0.25, -0.2) is 14.0 Å². The summed E-state index contributed by atoms with van der Waals surface area (Å²) in [7, 11) is 0. The number of nitrogens with one attached hydrogen (secondary N) is 4. The van der Waals surface area contributed by atoms with Gasteiger partial charge >= 0.3 is 12.1 Å². The summed E-state index contributed by atoms with van der Waals surface area (Å²) >= 11 is 0. The first-order valence-electron chi connectivity index (χ1n) is 10.2. The van der Waals surface area contributed by atoms with Crippen LogP contribution in [-0.4, -0.2) is 42.5 Å². The van der Waals surface area contributed by atoms with Gasteiger partial charge in [-0.05, 0) is 56.2 Å². The Hall–Kier alpha value is -3.62. The molecule has 0 spiro atoms. The van der Waals surface area contributed by atoms with Gasteiger partial charge in [0.25, 0.3) is 0 Å². The maximum atomic E-state index is 13.6. The van der Waals surface area contributed by atoms with Gasteiger partial charge in [0.2, 0.25) is 5.91 Å². The molecular formula is C22H26FN5O3. The zero-order valence-corrected chi connectivity index (χ0v) is 17.3. The zero-order chi connectivity index (χ0) is 22.2. The lowest BCUT2D eigenvalue weighted by Gasteiger charge is -2.32. The van der Waals surface area contributed by atoms with Gasteiger partial charge in [0.15, 0.2) is 0 Å². The van der Waals surface area contributed by atoms with E-state index < -0.39 is 11.8 Å². The van der Waals surface area contributed by atoms with E-state index in [1.807, 2.05) is 6.92 Å². The Morgan fingerprint density at radius 3 is 2.35 bits per heavy atom. The van der Waals surface area contributed by atoms with E-state index >= 15 is 0 Å². The van der Waals surface area contributed by atoms with Crippen LogP contribution in [0.1, 0.15) is 19.8 Å². The minimum absolute atomic E-state index is 0.0240. The summed E-state index contributed by atoms with van der Waals surface area (Å²) in [6.07, 6.45) is 1.54. The quantitative estimate of drug-likeness (QED) is 0.583. The molecule has 1 atom stereocenters. The molecule has 5 amide bonds. The van der Waals surface area contributed by atoms with Crippen LogP contribution < -0.4 is 21.3 Å². The van der Waals surface area contributed by atoms with Gasteiger partial charge in [-0.2, -0.15) is 0 Å². The predicted octanol–water partition coefficient (Wildman–Crippen LogP) is 3.85. The number of para-hydroxylation sites is 1. The number of rotatable bonds is 5. The molecule has 164 valence electrons. The summed E-state index contributed by atoms with van der Waals surface area (Å²) in [5.74, 6) is -0.745. The van der Waals surface area contributed by atoms with Crippen molar-refractivity contribution in [3.63, 3.8) is 0 Å². The van der Waals surface area contributed by atoms with E-state index in [0.717, 1.165) is 12.8 Å². The maximum absolute atomic E-state index is 13.6. The molecule has 2 aromatic carbocycles. The Morgan fingerprint density at radius 2 is 1.68 bits per heavy atom. The number of anilines is 3. The molecular weight excluding hydrogens is 401 g/mol. The fraction of sp³-hybridized carbons (Fsp3) is 0.318. The highest BCUT2D eigenvalue weighted by molar-refractivity contribution is 6.00. The second-order valence-corrected chi connectivity index (χ2v) is 7.25. The van der Waals surface area contributed by atoms with Crippen molar-refractivity contribution < 1.29 is 18.8 Å². The molecule has 0 unspecified atom stereocenters. The second-order valence-electron chi connectivity index (χ2n) is 7.25. The van der Waals surface area contributed by atoms with Crippen LogP contribution in [0.15, 0.2) is 48.5 Å². The first-order valence-corrected chi connectivity index (χ1v) is 10.2. The molecule has 9 heteroatoms. The second kappa shape index (κ2) is 10.4. The first kappa shape index (κ1) is 22.1. The Balaban J connectivity index is 1.51. The van der Waals surface area contributed by atoms with Crippen molar-refractivity contribution >= 4 is 35.0 Å². The number of urea groups is 2. The molecule has 0 aliphatic carbocycles. The van der Waals surface area contributed by atoms with Crippen LogP contribution in [0.25, 0.3) is 0 Å². The van der Waals surface area contributed by atoms with Crippen LogP contribution in [0, 0.1) is 11.7 Å². The summed E-state index contributed by atoms with van der Waals surface area (Å²) < 4.78 is 13.6. The van der Waals surface area contributed by atoms with E-state index in [-0.39, 0.29) is 23.5 Å². The number of nitrogens with zero attached hydrogens (tertiary/aromatic N) is 1. The molecule has 3 rings (SSSR count). The molecule has 1 heterocycles. The smallest absolute Gasteiger partial charge is 0.323 e. The highest BCUT2D eigenvalue weighted by atomic mass is 19.1. The number of hydrogen-bond donors (Lipinski definition) is 4. The first-order chi connectivity index (χ1) is 15.0. The van der Waals surface area contributed by atoms with Gasteiger partial charge in [0.1, 0.15) is 5.82 Å². The van der Waals surface area contributed by atoms with Crippen molar-refractivity contribution in [3.05, 3.63) is 54.3 Å². The molecule has 0 saturated carbocycles. The maximum Gasteiger partial charge on any atom is 0.323 e. The van der Waals surface area contributed by atoms with Crippen molar-refractivity contribution in [2.75, 3.05) is 35.6 Å². The van der Waals surface area contributed by atoms with E-state index in [9.17, 15) is 18.8 Å². The minimum Gasteiger partial charge on any atom is -0.356 e. The van der Waals surface area contributed by atoms with Gasteiger partial charge in [-0.1, -0.05) is 12.1 Å². The third-order valence-electron chi connectivity index (χ3n) is 4.95. The fourth-order valence-corrected chi connectivity index (χ4v) is 3.38. The number of likely N-dealkylation sites (tertiary alicyclic amines) is 1. The summed E-state index contributed by atoms with van der Waals surface area (Å²) in [6.45, 7) is 3.42. The van der Waals surface area contributed by atoms with Crippen LogP contribution in [0.2, 0.25) is 0 Å². The number of hydrogen-bond acceptors (Lipinski definition) is 3. The Bertz CT molecular complexity index is 935. The molecule has 1 saturated heterocycles. The largest absolute Gasteiger partial charge is 0.356 e. The van der Waals surface area contributed by atoms with Gasteiger partial charge in [-0.3, -0.25) is 4.79 Å². The molecule has 1 fully saturated rings. The van der Waals surface area contributed by atoms with E-state index in [0.29, 0.717) is 31.0 Å². The predicted molar refractivity (Wildman–Crippen MR) is 117 cm³/mol. The molecule has 4 N–H and O–H groups in total. The molecule has 0 radical (unpaired) electrons. The van der Waals surface area contributed by atoms with Crippen molar-refractivity contribution in [2.45, 2.75) is 19.8 Å². The summed E-state index contributed by atoms with van der Waals surface area (Å²) in [5, 5.41) is 10.7. The van der Waals surface area contributed by atoms with Crippen molar-refractivity contribution in [3.8, 4) is 0 Å². The van der Waals surface area contributed by atoms with E-state index in [1.54, 1.807) is 35.2 Å². The lowest BCUT2D eigenvalue weighted by Crippen LogP contribution is -2.46. The number of piperidine rings is 1. The Labute approximate surface area is 180 Å². The third kappa shape index (κ3) is 6.18. The number of amides is 5. The van der Waals surface area contributed by atoms with Gasteiger partial charge < -0.3 is 26.2 Å². The van der Waals surface area contributed by atoms with Crippen LogP contribution in [-0.2, 0) is 4.79 Å². The summed E-state index contributed by atoms with van der Waals surface area (Å²) in [4.78, 5) is 38.3. The normalized spacial score (nSPS) is 15.7. The summed E-state index contributed by atoms with van der Waals surface area (Å²) in [5.41, 5.74) is 1.13. The highest BCUT2D eigenvalue weighted by Gasteiger charge is 2.28. The number of benzene rings is 2. The van der Waals surface area contributed by atoms with Gasteiger partial charge in [0.05, 0.1) is 11.6 Å². The molecule has 0 bridgehead atoms. The standard InChI is InChI=1S/C22H26FN5O3/c1-2-24-20(29)15-6-5-13-28(14-15)22(31)26-17-11-9-16(10-12-17)25-21(30)27-19-8-4-3-7-18(19)23/h3-4,7-12,15H,2,5-6,13-14H2,1H3,(H,24,29)(H,26,31)(H2,25,27,30)/t15-/m0/s1. The molecule has 0 aromatic heterocycles. The Kier molecular flexibility index (Phi) is 7.42. The van der Waals surface area contributed by atoms with Crippen LogP contribution in [0.3, 0.4) is 0 Å². The van der Waals surface area contributed by atoms with Crippen LogP contribution in [0.5, 0.6) is 0 Å². The summed E-state index contributed by atoms with van der Waals surface area (Å²) in [6, 6.07) is 11.6. The van der Waals surface area contributed by atoms with E-state index in [2.05, 4.69) is 21.3 Å². The van der Waals surface area contributed by atoms with E-state index in [4.69, 9.17) is 0 Å². The van der Waals surface area contributed by atoms with Crippen molar-refractivity contribution in [1.82, 2.24) is 10.2 Å². The van der Waals surface area contributed by atoms with Crippen molar-refractivity contribution in [1.29, 1.82) is 0 Å². The average Bonchev–Trinajstić information content (AvgIpc) is 2.77. The third-order valence-corrected chi connectivity index (χ3v) is 4.95. The Morgan fingerprint density at radius 1 is 1.00 bits per heavy atom. The monoisotopic (exact) mass is 427 g/mol. The SMILES string of the molecule is CCNC(=O)[C@H]1CCCN(C(=O)Nc2ccc(NC(=O)Nc3ccccc3F)cc2)C1. The van der Waals surface area contributed by atoms with Gasteiger partial charge in [-0.15, -0.1) is 0 Å². The average molecular weight is 427 g/mol. The molecule has 1 aliphatic rings. The minimum atomic E-state index is -0.577. The molecule has 31 heavy (non-hydrogen) atoms. The fourth-order valence-electron chi connectivity index (χ4n) is 3.38. The highest BCUT2D eigenvalue weighted by Crippen LogP contribution is 2.19. The lowest BCUT2D eigenvalue weighted by molar-refractivity contribution is -0.126. The number of halogens is 1. The van der Waals surface area contributed by atoms with E-state index in [1.165, 1.54) is 18.2 Å². The topological polar surface area (TPSA) is 103 Å². The zero-order valence-electron chi connectivity index (χ0n) is 17.3. The van der Waals surface area contributed by atoms with Crippen LogP contribution >= 0.6 is 0 Å². The lowest BCUT2D eigenvalue weighted by atomic mass is 9.97. The van der Waals surface area contributed by atoms with Crippen LogP contribution in [0.4, 0.5) is 31.0 Å². The molecule has 1 aliphatic heterocycles. The molecule has 8 nitrogen and oxygen atoms in total. The van der Waals surface area contributed by atoms with Crippen molar-refractivity contribution in [2.24, 2.45) is 5.92 Å². The molecule has 2 aromatic rings. The van der Waals surface area contributed by atoms with Gasteiger partial charge in [0, 0.05) is 31.0 Å². The number of carbonyl (C=O) groups is 3.